The van der Waals surface area contributed by atoms with Crippen molar-refractivity contribution in [2.75, 3.05) is 13.1 Å². The summed E-state index contributed by atoms with van der Waals surface area (Å²) < 4.78 is 5.44. The molecule has 19 heavy (non-hydrogen) atoms. The largest absolute Gasteiger partial charge is 0.360 e. The highest BCUT2D eigenvalue weighted by molar-refractivity contribution is 5.05. The van der Waals surface area contributed by atoms with E-state index in [4.69, 9.17) is 4.52 Å². The van der Waals surface area contributed by atoms with Crippen LogP contribution < -0.4 is 5.32 Å². The van der Waals surface area contributed by atoms with Crippen LogP contribution in [0.3, 0.4) is 0 Å². The molecular formula is C15H27N3O. The number of hydrogen-bond acceptors (Lipinski definition) is 4. The average Bonchev–Trinajstić information content (AvgIpc) is 2.61. The lowest BCUT2D eigenvalue weighted by Crippen LogP contribution is -2.35. The Labute approximate surface area is 116 Å². The number of hydrogen-bond donors (Lipinski definition) is 1. The van der Waals surface area contributed by atoms with Crippen molar-refractivity contribution in [1.82, 2.24) is 15.4 Å². The van der Waals surface area contributed by atoms with Crippen molar-refractivity contribution >= 4 is 0 Å². The number of nitrogens with one attached hydrogen (secondary N) is 1. The van der Waals surface area contributed by atoms with Crippen LogP contribution in [0, 0.1) is 0 Å². The van der Waals surface area contributed by atoms with E-state index < -0.39 is 0 Å². The van der Waals surface area contributed by atoms with Gasteiger partial charge in [-0.15, -0.1) is 0 Å². The van der Waals surface area contributed by atoms with Crippen LogP contribution in [0.2, 0.25) is 0 Å². The van der Waals surface area contributed by atoms with Crippen LogP contribution in [0.5, 0.6) is 0 Å². The Hall–Kier alpha value is -0.870. The monoisotopic (exact) mass is 265 g/mol. The third-order valence-electron chi connectivity index (χ3n) is 3.49. The molecule has 1 aromatic heterocycles. The van der Waals surface area contributed by atoms with Gasteiger partial charge in [0.05, 0.1) is 12.2 Å². The first-order valence-corrected chi connectivity index (χ1v) is 7.45. The molecule has 2 rings (SSSR count). The fourth-order valence-electron chi connectivity index (χ4n) is 2.38. The molecule has 0 amide bonds. The molecule has 0 aliphatic carbocycles. The van der Waals surface area contributed by atoms with Crippen LogP contribution in [0.4, 0.5) is 0 Å². The Kier molecular flexibility index (Phi) is 4.99. The zero-order chi connectivity index (χ0) is 13.7. The maximum Gasteiger partial charge on any atom is 0.151 e. The van der Waals surface area contributed by atoms with Gasteiger partial charge in [-0.1, -0.05) is 18.0 Å². The molecule has 4 heteroatoms. The van der Waals surface area contributed by atoms with Crippen molar-refractivity contribution in [3.63, 3.8) is 0 Å². The summed E-state index contributed by atoms with van der Waals surface area (Å²) in [6, 6.07) is 2.09. The number of likely N-dealkylation sites (tertiary alicyclic amines) is 1. The summed E-state index contributed by atoms with van der Waals surface area (Å²) in [6.07, 6.45) is 5.36. The molecule has 0 unspecified atom stereocenters. The standard InChI is InChI=1S/C15H27N3O/c1-15(2,3)16-11-13-10-14(19-17-13)12-18-8-6-4-5-7-9-18/h10,16H,4-9,11-12H2,1-3H3. The highest BCUT2D eigenvalue weighted by Crippen LogP contribution is 2.14. The zero-order valence-corrected chi connectivity index (χ0v) is 12.5. The molecule has 108 valence electrons. The van der Waals surface area contributed by atoms with E-state index in [1.807, 2.05) is 0 Å². The lowest BCUT2D eigenvalue weighted by atomic mass is 10.1. The lowest BCUT2D eigenvalue weighted by Gasteiger charge is -2.19. The SMILES string of the molecule is CC(C)(C)NCc1cc(CN2CCCCCC2)on1. The third-order valence-corrected chi connectivity index (χ3v) is 3.49. The molecule has 4 nitrogen and oxygen atoms in total. The molecule has 1 fully saturated rings. The second kappa shape index (κ2) is 6.53. The predicted octanol–water partition coefficient (Wildman–Crippen LogP) is 2.94. The van der Waals surface area contributed by atoms with Crippen molar-refractivity contribution in [3.8, 4) is 0 Å². The van der Waals surface area contributed by atoms with Crippen molar-refractivity contribution in [3.05, 3.63) is 17.5 Å². The van der Waals surface area contributed by atoms with Crippen LogP contribution >= 0.6 is 0 Å². The van der Waals surface area contributed by atoms with Gasteiger partial charge in [0.25, 0.3) is 0 Å². The maximum absolute atomic E-state index is 5.44. The molecule has 1 aliphatic rings. The zero-order valence-electron chi connectivity index (χ0n) is 12.5. The fraction of sp³-hybridized carbons (Fsp3) is 0.800. The molecule has 1 aromatic rings. The summed E-state index contributed by atoms with van der Waals surface area (Å²) in [5.74, 6) is 0.993. The van der Waals surface area contributed by atoms with E-state index in [0.29, 0.717) is 0 Å². The second-order valence-corrected chi connectivity index (χ2v) is 6.58. The summed E-state index contributed by atoms with van der Waals surface area (Å²) >= 11 is 0. The Morgan fingerprint density at radius 3 is 2.53 bits per heavy atom. The van der Waals surface area contributed by atoms with Gasteiger partial charge < -0.3 is 9.84 Å². The minimum absolute atomic E-state index is 0.115. The molecule has 1 N–H and O–H groups in total. The van der Waals surface area contributed by atoms with Gasteiger partial charge in [0, 0.05) is 18.2 Å². The van der Waals surface area contributed by atoms with Crippen LogP contribution in [0.25, 0.3) is 0 Å². The van der Waals surface area contributed by atoms with Crippen LogP contribution in [0.15, 0.2) is 10.6 Å². The molecule has 1 saturated heterocycles. The summed E-state index contributed by atoms with van der Waals surface area (Å²) in [7, 11) is 0. The molecule has 0 atom stereocenters. The molecule has 0 radical (unpaired) electrons. The van der Waals surface area contributed by atoms with E-state index in [0.717, 1.165) is 24.5 Å². The Morgan fingerprint density at radius 2 is 1.89 bits per heavy atom. The van der Waals surface area contributed by atoms with Gasteiger partial charge in [0.15, 0.2) is 5.76 Å². The van der Waals surface area contributed by atoms with Crippen molar-refractivity contribution < 1.29 is 4.52 Å². The molecule has 0 spiro atoms. The van der Waals surface area contributed by atoms with Gasteiger partial charge in [0.1, 0.15) is 0 Å². The third kappa shape index (κ3) is 5.33. The number of aromatic nitrogens is 1. The summed E-state index contributed by atoms with van der Waals surface area (Å²) in [5.41, 5.74) is 1.11. The molecule has 0 bridgehead atoms. The van der Waals surface area contributed by atoms with Gasteiger partial charge in [-0.05, 0) is 46.7 Å². The highest BCUT2D eigenvalue weighted by atomic mass is 16.5. The lowest BCUT2D eigenvalue weighted by molar-refractivity contribution is 0.238. The van der Waals surface area contributed by atoms with Gasteiger partial charge in [-0.25, -0.2) is 0 Å². The van der Waals surface area contributed by atoms with Gasteiger partial charge >= 0.3 is 0 Å². The van der Waals surface area contributed by atoms with Crippen molar-refractivity contribution in [2.45, 2.75) is 65.1 Å². The van der Waals surface area contributed by atoms with Crippen LogP contribution in [0.1, 0.15) is 57.9 Å². The van der Waals surface area contributed by atoms with Gasteiger partial charge in [-0.3, -0.25) is 4.90 Å². The second-order valence-electron chi connectivity index (χ2n) is 6.58. The normalized spacial score (nSPS) is 18.5. The first kappa shape index (κ1) is 14.5. The summed E-state index contributed by atoms with van der Waals surface area (Å²) in [4.78, 5) is 2.48. The number of nitrogens with zero attached hydrogens (tertiary/aromatic N) is 2. The molecular weight excluding hydrogens is 238 g/mol. The maximum atomic E-state index is 5.44. The molecule has 0 saturated carbocycles. The van der Waals surface area contributed by atoms with E-state index >= 15 is 0 Å². The topological polar surface area (TPSA) is 41.3 Å². The van der Waals surface area contributed by atoms with Crippen molar-refractivity contribution in [2.24, 2.45) is 0 Å². The first-order valence-electron chi connectivity index (χ1n) is 7.45. The number of rotatable bonds is 4. The smallest absolute Gasteiger partial charge is 0.151 e. The Balaban J connectivity index is 1.82. The quantitative estimate of drug-likeness (QED) is 0.909. The van der Waals surface area contributed by atoms with E-state index in [1.165, 1.54) is 38.8 Å². The minimum Gasteiger partial charge on any atom is -0.360 e. The Bertz CT molecular complexity index is 373. The van der Waals surface area contributed by atoms with Gasteiger partial charge in [-0.2, -0.15) is 0 Å². The minimum atomic E-state index is 0.115. The van der Waals surface area contributed by atoms with E-state index in [2.05, 4.69) is 42.2 Å². The molecule has 1 aliphatic heterocycles. The first-order chi connectivity index (χ1) is 9.03. The van der Waals surface area contributed by atoms with Crippen molar-refractivity contribution in [1.29, 1.82) is 0 Å². The highest BCUT2D eigenvalue weighted by Gasteiger charge is 2.14. The van der Waals surface area contributed by atoms with E-state index in [9.17, 15) is 0 Å². The summed E-state index contributed by atoms with van der Waals surface area (Å²) in [6.45, 7) is 10.5. The summed E-state index contributed by atoms with van der Waals surface area (Å²) in [5, 5.41) is 7.57. The average molecular weight is 265 g/mol. The molecule has 0 aromatic carbocycles. The van der Waals surface area contributed by atoms with Crippen LogP contribution in [-0.4, -0.2) is 28.7 Å². The Morgan fingerprint density at radius 1 is 1.21 bits per heavy atom. The molecule has 2 heterocycles. The van der Waals surface area contributed by atoms with E-state index in [1.54, 1.807) is 0 Å². The van der Waals surface area contributed by atoms with Gasteiger partial charge in [0.2, 0.25) is 0 Å². The van der Waals surface area contributed by atoms with Crippen LogP contribution in [-0.2, 0) is 13.1 Å². The fourth-order valence-corrected chi connectivity index (χ4v) is 2.38. The predicted molar refractivity (Wildman–Crippen MR) is 76.8 cm³/mol. The van der Waals surface area contributed by atoms with E-state index in [-0.39, 0.29) is 5.54 Å².